The minimum absolute atomic E-state index is 0. The molecule has 0 fully saturated rings. The molecule has 0 aliphatic rings. The van der Waals surface area contributed by atoms with Gasteiger partial charge in [0.05, 0.1) is 6.54 Å². The van der Waals surface area contributed by atoms with Crippen LogP contribution in [0.2, 0.25) is 0 Å². The number of aryl methyl sites for hydroxylation is 2. The van der Waals surface area contributed by atoms with Gasteiger partial charge in [-0.05, 0) is 31.2 Å². The molecular weight excluding hydrogens is 326 g/mol. The average molecular weight is 356 g/mol. The van der Waals surface area contributed by atoms with E-state index in [9.17, 15) is 9.59 Å². The SMILES string of the molecule is Cc1ccc(CCC(=O)NCC(=O)NC(CN)CC(C)C)cc1.Cl. The maximum Gasteiger partial charge on any atom is 0.239 e. The highest BCUT2D eigenvalue weighted by Crippen LogP contribution is 2.06. The number of hydrogen-bond donors (Lipinski definition) is 3. The minimum Gasteiger partial charge on any atom is -0.351 e. The average Bonchev–Trinajstić information content (AvgIpc) is 2.51. The third-order valence-corrected chi connectivity index (χ3v) is 3.61. The molecule has 0 heterocycles. The second-order valence-corrected chi connectivity index (χ2v) is 6.39. The first-order valence-electron chi connectivity index (χ1n) is 8.22. The summed E-state index contributed by atoms with van der Waals surface area (Å²) in [4.78, 5) is 23.6. The zero-order chi connectivity index (χ0) is 17.2. The van der Waals surface area contributed by atoms with Crippen molar-refractivity contribution in [2.45, 2.75) is 46.1 Å². The van der Waals surface area contributed by atoms with Gasteiger partial charge < -0.3 is 16.4 Å². The van der Waals surface area contributed by atoms with E-state index in [-0.39, 0.29) is 36.8 Å². The molecule has 1 rings (SSSR count). The highest BCUT2D eigenvalue weighted by Gasteiger charge is 2.13. The van der Waals surface area contributed by atoms with Crippen LogP contribution in [-0.4, -0.2) is 30.9 Å². The molecule has 0 saturated heterocycles. The summed E-state index contributed by atoms with van der Waals surface area (Å²) in [6.07, 6.45) is 1.89. The van der Waals surface area contributed by atoms with Crippen molar-refractivity contribution < 1.29 is 9.59 Å². The van der Waals surface area contributed by atoms with Crippen molar-refractivity contribution >= 4 is 24.2 Å². The summed E-state index contributed by atoms with van der Waals surface area (Å²) in [5, 5.41) is 5.51. The molecule has 1 aromatic carbocycles. The Morgan fingerprint density at radius 3 is 2.29 bits per heavy atom. The topological polar surface area (TPSA) is 84.2 Å². The van der Waals surface area contributed by atoms with Crippen molar-refractivity contribution in [3.63, 3.8) is 0 Å². The molecule has 2 amide bonds. The van der Waals surface area contributed by atoms with Crippen LogP contribution in [0.5, 0.6) is 0 Å². The van der Waals surface area contributed by atoms with Gasteiger partial charge in [-0.15, -0.1) is 12.4 Å². The van der Waals surface area contributed by atoms with E-state index in [0.717, 1.165) is 12.0 Å². The number of hydrogen-bond acceptors (Lipinski definition) is 3. The van der Waals surface area contributed by atoms with E-state index >= 15 is 0 Å². The predicted molar refractivity (Wildman–Crippen MR) is 100 cm³/mol. The van der Waals surface area contributed by atoms with Gasteiger partial charge in [-0.2, -0.15) is 0 Å². The number of nitrogens with two attached hydrogens (primary N) is 1. The van der Waals surface area contributed by atoms with Crippen molar-refractivity contribution in [1.29, 1.82) is 0 Å². The first-order chi connectivity index (χ1) is 10.9. The van der Waals surface area contributed by atoms with E-state index < -0.39 is 0 Å². The van der Waals surface area contributed by atoms with E-state index in [1.807, 2.05) is 31.2 Å². The van der Waals surface area contributed by atoms with E-state index in [1.165, 1.54) is 5.56 Å². The number of benzene rings is 1. The maximum atomic E-state index is 11.8. The molecule has 0 bridgehead atoms. The maximum absolute atomic E-state index is 11.8. The molecule has 0 spiro atoms. The molecule has 0 aliphatic carbocycles. The Morgan fingerprint density at radius 1 is 1.12 bits per heavy atom. The largest absolute Gasteiger partial charge is 0.351 e. The van der Waals surface area contributed by atoms with E-state index in [4.69, 9.17) is 5.73 Å². The van der Waals surface area contributed by atoms with Crippen molar-refractivity contribution in [1.82, 2.24) is 10.6 Å². The summed E-state index contributed by atoms with van der Waals surface area (Å²) >= 11 is 0. The van der Waals surface area contributed by atoms with Gasteiger partial charge in [0.25, 0.3) is 0 Å². The molecule has 0 aromatic heterocycles. The summed E-state index contributed by atoms with van der Waals surface area (Å²) < 4.78 is 0. The van der Waals surface area contributed by atoms with E-state index in [0.29, 0.717) is 25.3 Å². The van der Waals surface area contributed by atoms with Crippen LogP contribution in [-0.2, 0) is 16.0 Å². The fourth-order valence-corrected chi connectivity index (χ4v) is 2.34. The van der Waals surface area contributed by atoms with Crippen molar-refractivity contribution in [3.8, 4) is 0 Å². The number of nitrogens with one attached hydrogen (secondary N) is 2. The first-order valence-corrected chi connectivity index (χ1v) is 8.22. The van der Waals surface area contributed by atoms with Gasteiger partial charge in [0.2, 0.25) is 11.8 Å². The highest BCUT2D eigenvalue weighted by molar-refractivity contribution is 5.85. The van der Waals surface area contributed by atoms with Gasteiger partial charge in [0.15, 0.2) is 0 Å². The van der Waals surface area contributed by atoms with Gasteiger partial charge in [0.1, 0.15) is 0 Å². The van der Waals surface area contributed by atoms with Crippen molar-refractivity contribution in [3.05, 3.63) is 35.4 Å². The molecule has 1 unspecified atom stereocenters. The lowest BCUT2D eigenvalue weighted by atomic mass is 10.0. The summed E-state index contributed by atoms with van der Waals surface area (Å²) in [5.74, 6) is 0.159. The second-order valence-electron chi connectivity index (χ2n) is 6.39. The lowest BCUT2D eigenvalue weighted by Gasteiger charge is -2.18. The van der Waals surface area contributed by atoms with Crippen LogP contribution >= 0.6 is 12.4 Å². The molecule has 0 saturated carbocycles. The smallest absolute Gasteiger partial charge is 0.239 e. The van der Waals surface area contributed by atoms with Gasteiger partial charge in [-0.25, -0.2) is 0 Å². The van der Waals surface area contributed by atoms with Crippen LogP contribution in [0.25, 0.3) is 0 Å². The molecule has 136 valence electrons. The Balaban J connectivity index is 0.00000529. The number of rotatable bonds is 9. The van der Waals surface area contributed by atoms with Crippen LogP contribution in [0.3, 0.4) is 0 Å². The number of carbonyl (C=O) groups excluding carboxylic acids is 2. The summed E-state index contributed by atoms with van der Waals surface area (Å²) in [7, 11) is 0. The van der Waals surface area contributed by atoms with Gasteiger partial charge in [-0.3, -0.25) is 9.59 Å². The zero-order valence-electron chi connectivity index (χ0n) is 14.8. The Hall–Kier alpha value is -1.59. The van der Waals surface area contributed by atoms with Crippen LogP contribution in [0, 0.1) is 12.8 Å². The third kappa shape index (κ3) is 9.53. The fraction of sp³-hybridized carbons (Fsp3) is 0.556. The predicted octanol–water partition coefficient (Wildman–Crippen LogP) is 1.96. The molecule has 1 atom stereocenters. The van der Waals surface area contributed by atoms with Crippen molar-refractivity contribution in [2.24, 2.45) is 11.7 Å². The highest BCUT2D eigenvalue weighted by atomic mass is 35.5. The van der Waals surface area contributed by atoms with E-state index in [1.54, 1.807) is 0 Å². The first kappa shape index (κ1) is 22.4. The Kier molecular flexibility index (Phi) is 11.1. The molecule has 0 radical (unpaired) electrons. The molecule has 1 aromatic rings. The molecule has 6 heteroatoms. The van der Waals surface area contributed by atoms with E-state index in [2.05, 4.69) is 24.5 Å². The van der Waals surface area contributed by atoms with Crippen LogP contribution in [0.15, 0.2) is 24.3 Å². The third-order valence-electron chi connectivity index (χ3n) is 3.61. The minimum atomic E-state index is -0.190. The van der Waals surface area contributed by atoms with Crippen LogP contribution < -0.4 is 16.4 Å². The molecule has 0 aliphatic heterocycles. The summed E-state index contributed by atoms with van der Waals surface area (Å²) in [6, 6.07) is 8.07. The monoisotopic (exact) mass is 355 g/mol. The van der Waals surface area contributed by atoms with Gasteiger partial charge in [-0.1, -0.05) is 43.7 Å². The number of amides is 2. The molecule has 24 heavy (non-hydrogen) atoms. The summed E-state index contributed by atoms with van der Waals surface area (Å²) in [6.45, 7) is 6.61. The second kappa shape index (κ2) is 11.9. The van der Waals surface area contributed by atoms with Gasteiger partial charge >= 0.3 is 0 Å². The molecule has 5 nitrogen and oxygen atoms in total. The van der Waals surface area contributed by atoms with Crippen LogP contribution in [0.4, 0.5) is 0 Å². The fourth-order valence-electron chi connectivity index (χ4n) is 2.34. The zero-order valence-corrected chi connectivity index (χ0v) is 15.6. The quantitative estimate of drug-likeness (QED) is 0.633. The Morgan fingerprint density at radius 2 is 1.75 bits per heavy atom. The van der Waals surface area contributed by atoms with Gasteiger partial charge in [0, 0.05) is 19.0 Å². The molecule has 4 N–H and O–H groups in total. The molecular formula is C18H30ClN3O2. The number of halogens is 1. The van der Waals surface area contributed by atoms with Crippen molar-refractivity contribution in [2.75, 3.05) is 13.1 Å². The Labute approximate surface area is 151 Å². The Bertz CT molecular complexity index is 503. The lowest BCUT2D eigenvalue weighted by molar-refractivity contribution is -0.126. The number of carbonyl (C=O) groups is 2. The standard InChI is InChI=1S/C18H29N3O2.ClH/c1-13(2)10-16(11-19)21-18(23)12-20-17(22)9-8-15-6-4-14(3)5-7-15;/h4-7,13,16H,8-12,19H2,1-3H3,(H,20,22)(H,21,23);1H. The summed E-state index contributed by atoms with van der Waals surface area (Å²) in [5.41, 5.74) is 7.97. The normalized spacial score (nSPS) is 11.5. The lowest BCUT2D eigenvalue weighted by Crippen LogP contribution is -2.45. The van der Waals surface area contributed by atoms with Crippen LogP contribution in [0.1, 0.15) is 37.8 Å².